The number of ether oxygens (including phenoxy) is 2. The van der Waals surface area contributed by atoms with E-state index in [0.717, 1.165) is 6.04 Å². The van der Waals surface area contributed by atoms with Gasteiger partial charge >= 0.3 is 12.1 Å². The third-order valence-electron chi connectivity index (χ3n) is 3.48. The number of amides is 1. The second-order valence-corrected chi connectivity index (χ2v) is 14.1. The Morgan fingerprint density at radius 3 is 2.23 bits per heavy atom. The molecule has 2 atom stereocenters. The molecular weight excluding hydrogens is 350 g/mol. The number of benzene rings is 1. The van der Waals surface area contributed by atoms with Crippen LogP contribution in [0.25, 0.3) is 0 Å². The monoisotopic (exact) mass is 381 g/mol. The molecule has 1 amide bonds. The number of hydrogen-bond donors (Lipinski definition) is 2. The summed E-state index contributed by atoms with van der Waals surface area (Å²) in [7, 11) is -1.35. The maximum absolute atomic E-state index is 12.3. The van der Waals surface area contributed by atoms with Crippen LogP contribution in [0.4, 0.5) is 4.79 Å². The fraction of sp³-hybridized carbons (Fsp3) is 0.579. The molecule has 6 nitrogen and oxygen atoms in total. The summed E-state index contributed by atoms with van der Waals surface area (Å²) in [6.45, 7) is 12.0. The van der Waals surface area contributed by atoms with Crippen molar-refractivity contribution in [2.75, 3.05) is 6.61 Å². The highest BCUT2D eigenvalue weighted by atomic mass is 28.3. The number of nitrogens with one attached hydrogen (secondary N) is 1. The zero-order valence-electron chi connectivity index (χ0n) is 16.5. The minimum atomic E-state index is -1.52. The van der Waals surface area contributed by atoms with Crippen molar-refractivity contribution >= 4 is 20.1 Å². The zero-order chi connectivity index (χ0) is 20.0. The van der Waals surface area contributed by atoms with E-state index < -0.39 is 37.9 Å². The minimum Gasteiger partial charge on any atom is -0.464 e. The van der Waals surface area contributed by atoms with Crippen LogP contribution in [0.1, 0.15) is 32.4 Å². The number of aliphatic hydroxyl groups is 1. The quantitative estimate of drug-likeness (QED) is 0.558. The number of alkyl carbamates (subject to hydrolysis) is 1. The lowest BCUT2D eigenvalue weighted by molar-refractivity contribution is -0.154. The first-order valence-corrected chi connectivity index (χ1v) is 12.5. The third-order valence-corrected chi connectivity index (χ3v) is 5.19. The summed E-state index contributed by atoms with van der Waals surface area (Å²) in [4.78, 5) is 24.4. The first-order valence-electron chi connectivity index (χ1n) is 8.78. The van der Waals surface area contributed by atoms with E-state index in [4.69, 9.17) is 9.47 Å². The summed E-state index contributed by atoms with van der Waals surface area (Å²) in [5.74, 6) is -0.756. The molecule has 0 saturated carbocycles. The van der Waals surface area contributed by atoms with Crippen LogP contribution < -0.4 is 5.32 Å². The molecule has 0 aliphatic rings. The fourth-order valence-corrected chi connectivity index (χ4v) is 2.83. The van der Waals surface area contributed by atoms with E-state index in [1.54, 1.807) is 45.0 Å². The molecule has 2 N–H and O–H groups in total. The topological polar surface area (TPSA) is 84.9 Å². The summed E-state index contributed by atoms with van der Waals surface area (Å²) in [6, 6.07) is 8.64. The Labute approximate surface area is 156 Å². The van der Waals surface area contributed by atoms with Gasteiger partial charge in [0.15, 0.2) is 6.10 Å². The van der Waals surface area contributed by atoms with E-state index in [1.165, 1.54) is 0 Å². The molecule has 0 bridgehead atoms. The van der Waals surface area contributed by atoms with Crippen LogP contribution in [0.2, 0.25) is 25.7 Å². The molecule has 0 saturated heterocycles. The largest absolute Gasteiger partial charge is 0.464 e. The Kier molecular flexibility index (Phi) is 7.83. The maximum Gasteiger partial charge on any atom is 0.408 e. The van der Waals surface area contributed by atoms with Crippen LogP contribution in [-0.2, 0) is 14.3 Å². The van der Waals surface area contributed by atoms with E-state index in [-0.39, 0.29) is 6.61 Å². The highest BCUT2D eigenvalue weighted by molar-refractivity contribution is 6.76. The van der Waals surface area contributed by atoms with Crippen molar-refractivity contribution in [2.24, 2.45) is 0 Å². The standard InChI is InChI=1S/C19H31NO5Si/c1-19(2,3)25-18(23)20-15(14-10-8-7-9-11-14)16(21)17(22)24-12-13-26(4,5)6/h7-11,15-16,21H,12-13H2,1-6H3,(H,20,23). The van der Waals surface area contributed by atoms with Crippen molar-refractivity contribution in [2.45, 2.75) is 64.2 Å². The predicted octanol–water partition coefficient (Wildman–Crippen LogP) is 3.49. The Morgan fingerprint density at radius 2 is 1.73 bits per heavy atom. The molecule has 26 heavy (non-hydrogen) atoms. The lowest BCUT2D eigenvalue weighted by Crippen LogP contribution is -2.43. The summed E-state index contributed by atoms with van der Waals surface area (Å²) in [5.41, 5.74) is -0.0956. The van der Waals surface area contributed by atoms with Crippen LogP contribution in [0.15, 0.2) is 30.3 Å². The van der Waals surface area contributed by atoms with Gasteiger partial charge in [-0.15, -0.1) is 0 Å². The molecule has 1 rings (SSSR count). The van der Waals surface area contributed by atoms with Gasteiger partial charge in [-0.1, -0.05) is 50.0 Å². The third kappa shape index (κ3) is 8.49. The second-order valence-electron chi connectivity index (χ2n) is 8.46. The summed E-state index contributed by atoms with van der Waals surface area (Å²) < 4.78 is 10.5. The van der Waals surface area contributed by atoms with Gasteiger partial charge in [0.1, 0.15) is 5.60 Å². The Hall–Kier alpha value is -1.86. The minimum absolute atomic E-state index is 0.263. The average Bonchev–Trinajstić information content (AvgIpc) is 2.49. The summed E-state index contributed by atoms with van der Waals surface area (Å²) in [5, 5.41) is 13.0. The van der Waals surface area contributed by atoms with Crippen molar-refractivity contribution in [3.8, 4) is 0 Å². The van der Waals surface area contributed by atoms with Gasteiger partial charge in [-0.25, -0.2) is 9.59 Å². The Morgan fingerprint density at radius 1 is 1.15 bits per heavy atom. The van der Waals surface area contributed by atoms with Gasteiger partial charge < -0.3 is 19.9 Å². The number of rotatable bonds is 7. The van der Waals surface area contributed by atoms with Crippen molar-refractivity contribution in [3.05, 3.63) is 35.9 Å². The highest BCUT2D eigenvalue weighted by Crippen LogP contribution is 2.20. The van der Waals surface area contributed by atoms with E-state index in [0.29, 0.717) is 5.56 Å². The lowest BCUT2D eigenvalue weighted by atomic mass is 10.0. The van der Waals surface area contributed by atoms with E-state index in [2.05, 4.69) is 25.0 Å². The number of esters is 1. The molecule has 1 aromatic rings. The molecule has 0 radical (unpaired) electrons. The van der Waals surface area contributed by atoms with Gasteiger partial charge in [0, 0.05) is 8.07 Å². The molecule has 1 aromatic carbocycles. The number of carbonyl (C=O) groups is 2. The Bertz CT molecular complexity index is 592. The molecule has 146 valence electrons. The van der Waals surface area contributed by atoms with Gasteiger partial charge in [0.25, 0.3) is 0 Å². The number of aliphatic hydroxyl groups excluding tert-OH is 1. The Balaban J connectivity index is 2.84. The van der Waals surface area contributed by atoms with Crippen LogP contribution in [0.5, 0.6) is 0 Å². The molecule has 0 fully saturated rings. The molecule has 0 aliphatic carbocycles. The van der Waals surface area contributed by atoms with Gasteiger partial charge in [0.05, 0.1) is 12.6 Å². The average molecular weight is 382 g/mol. The maximum atomic E-state index is 12.3. The van der Waals surface area contributed by atoms with Gasteiger partial charge in [-0.05, 0) is 32.4 Å². The van der Waals surface area contributed by atoms with E-state index >= 15 is 0 Å². The van der Waals surface area contributed by atoms with Gasteiger partial charge in [0.2, 0.25) is 0 Å². The molecule has 2 unspecified atom stereocenters. The first-order chi connectivity index (χ1) is 11.9. The fourth-order valence-electron chi connectivity index (χ4n) is 2.12. The smallest absolute Gasteiger partial charge is 0.408 e. The van der Waals surface area contributed by atoms with Crippen LogP contribution >= 0.6 is 0 Å². The van der Waals surface area contributed by atoms with Crippen molar-refractivity contribution < 1.29 is 24.2 Å². The van der Waals surface area contributed by atoms with Crippen LogP contribution in [-0.4, -0.2) is 43.6 Å². The molecule has 0 aromatic heterocycles. The van der Waals surface area contributed by atoms with Crippen molar-refractivity contribution in [3.63, 3.8) is 0 Å². The van der Waals surface area contributed by atoms with Crippen molar-refractivity contribution in [1.29, 1.82) is 0 Å². The summed E-state index contributed by atoms with van der Waals surface area (Å²) in [6.07, 6.45) is -2.23. The van der Waals surface area contributed by atoms with Crippen LogP contribution in [0, 0.1) is 0 Å². The zero-order valence-corrected chi connectivity index (χ0v) is 17.5. The van der Waals surface area contributed by atoms with Crippen LogP contribution in [0.3, 0.4) is 0 Å². The molecular formula is C19H31NO5Si. The number of hydrogen-bond acceptors (Lipinski definition) is 5. The van der Waals surface area contributed by atoms with Gasteiger partial charge in [-0.2, -0.15) is 0 Å². The normalized spacial score (nSPS) is 14.3. The van der Waals surface area contributed by atoms with Gasteiger partial charge in [-0.3, -0.25) is 0 Å². The molecule has 7 heteroatoms. The highest BCUT2D eigenvalue weighted by Gasteiger charge is 2.32. The van der Waals surface area contributed by atoms with E-state index in [1.807, 2.05) is 6.07 Å². The van der Waals surface area contributed by atoms with E-state index in [9.17, 15) is 14.7 Å². The molecule has 0 heterocycles. The summed E-state index contributed by atoms with van der Waals surface area (Å²) >= 11 is 0. The predicted molar refractivity (Wildman–Crippen MR) is 104 cm³/mol. The second kappa shape index (κ2) is 9.18. The SMILES string of the molecule is CC(C)(C)OC(=O)NC(c1ccccc1)C(O)C(=O)OCC[Si](C)(C)C. The lowest BCUT2D eigenvalue weighted by Gasteiger charge is -2.26. The number of carbonyl (C=O) groups excluding carboxylic acids is 2. The van der Waals surface area contributed by atoms with Crippen molar-refractivity contribution in [1.82, 2.24) is 5.32 Å². The first kappa shape index (κ1) is 22.2. The molecule has 0 spiro atoms. The molecule has 0 aliphatic heterocycles.